The molecule has 0 aliphatic heterocycles. The standard InChI is InChI=1S/C13H14/c1-8(2)13-11-6-7-12(13)10-5-3-4-9(10)11/h4-7,11-12H,3H2,1-2H3/t11-,12+. The molecule has 0 heteroatoms. The highest BCUT2D eigenvalue weighted by Crippen LogP contribution is 2.54. The predicted molar refractivity (Wildman–Crippen MR) is 55.3 cm³/mol. The van der Waals surface area contributed by atoms with Gasteiger partial charge >= 0.3 is 0 Å². The van der Waals surface area contributed by atoms with Gasteiger partial charge in [0.2, 0.25) is 0 Å². The summed E-state index contributed by atoms with van der Waals surface area (Å²) in [5.41, 5.74) is 6.36. The van der Waals surface area contributed by atoms with Gasteiger partial charge in [-0.05, 0) is 37.0 Å². The molecule has 0 saturated heterocycles. The Morgan fingerprint density at radius 3 is 2.08 bits per heavy atom. The molecule has 1 fully saturated rings. The van der Waals surface area contributed by atoms with Gasteiger partial charge in [-0.15, -0.1) is 0 Å². The predicted octanol–water partition coefficient (Wildman–Crippen LogP) is 3.40. The number of fused-ring (bicyclic) bond motifs is 5. The molecule has 0 aromatic carbocycles. The van der Waals surface area contributed by atoms with Crippen LogP contribution in [0.2, 0.25) is 0 Å². The lowest BCUT2D eigenvalue weighted by Gasteiger charge is -2.06. The summed E-state index contributed by atoms with van der Waals surface area (Å²) in [6.45, 7) is 4.48. The molecule has 0 N–H and O–H groups in total. The van der Waals surface area contributed by atoms with Crippen LogP contribution < -0.4 is 0 Å². The first-order chi connectivity index (χ1) is 6.29. The van der Waals surface area contributed by atoms with E-state index in [1.807, 2.05) is 0 Å². The van der Waals surface area contributed by atoms with Crippen LogP contribution in [0.3, 0.4) is 0 Å². The van der Waals surface area contributed by atoms with E-state index in [0.717, 1.165) is 6.42 Å². The minimum absolute atomic E-state index is 0.642. The highest BCUT2D eigenvalue weighted by Gasteiger charge is 2.41. The van der Waals surface area contributed by atoms with Crippen molar-refractivity contribution in [3.8, 4) is 0 Å². The van der Waals surface area contributed by atoms with Gasteiger partial charge in [-0.3, -0.25) is 0 Å². The van der Waals surface area contributed by atoms with Crippen molar-refractivity contribution in [3.63, 3.8) is 0 Å². The van der Waals surface area contributed by atoms with E-state index < -0.39 is 0 Å². The van der Waals surface area contributed by atoms with Crippen LogP contribution in [0.5, 0.6) is 0 Å². The monoisotopic (exact) mass is 170 g/mol. The minimum Gasteiger partial charge on any atom is -0.0763 e. The van der Waals surface area contributed by atoms with Crippen LogP contribution in [0, 0.1) is 11.8 Å². The summed E-state index contributed by atoms with van der Waals surface area (Å²) in [6.07, 6.45) is 10.7. The molecule has 3 aliphatic carbocycles. The van der Waals surface area contributed by atoms with E-state index in [0.29, 0.717) is 11.8 Å². The third-order valence-electron chi connectivity index (χ3n) is 3.42. The Bertz CT molecular complexity index is 354. The third kappa shape index (κ3) is 0.763. The van der Waals surface area contributed by atoms with Gasteiger partial charge in [0.15, 0.2) is 0 Å². The summed E-state index contributed by atoms with van der Waals surface area (Å²) in [7, 11) is 0. The first-order valence-corrected chi connectivity index (χ1v) is 5.05. The smallest absolute Gasteiger partial charge is 0.0240 e. The van der Waals surface area contributed by atoms with Crippen molar-refractivity contribution in [1.82, 2.24) is 0 Å². The van der Waals surface area contributed by atoms with Gasteiger partial charge in [-0.2, -0.15) is 0 Å². The van der Waals surface area contributed by atoms with Crippen LogP contribution in [0.4, 0.5) is 0 Å². The summed E-state index contributed by atoms with van der Waals surface area (Å²) >= 11 is 0. The second-order valence-electron chi connectivity index (χ2n) is 4.35. The molecule has 66 valence electrons. The van der Waals surface area contributed by atoms with Crippen molar-refractivity contribution in [2.24, 2.45) is 11.8 Å². The average molecular weight is 170 g/mol. The van der Waals surface area contributed by atoms with Gasteiger partial charge in [0.05, 0.1) is 0 Å². The van der Waals surface area contributed by atoms with Crippen LogP contribution in [0.1, 0.15) is 20.3 Å². The Hall–Kier alpha value is -1.04. The highest BCUT2D eigenvalue weighted by molar-refractivity contribution is 5.62. The van der Waals surface area contributed by atoms with Crippen LogP contribution >= 0.6 is 0 Å². The van der Waals surface area contributed by atoms with Gasteiger partial charge in [0, 0.05) is 11.8 Å². The molecule has 0 spiro atoms. The molecule has 0 nitrogen and oxygen atoms in total. The highest BCUT2D eigenvalue weighted by atomic mass is 14.4. The summed E-state index contributed by atoms with van der Waals surface area (Å²) in [5.74, 6) is 1.28. The van der Waals surface area contributed by atoms with E-state index in [1.165, 1.54) is 5.57 Å². The lowest BCUT2D eigenvalue weighted by Crippen LogP contribution is -1.94. The normalized spacial score (nSPS) is 33.5. The molecule has 0 unspecified atom stereocenters. The van der Waals surface area contributed by atoms with Crippen molar-refractivity contribution in [1.29, 1.82) is 0 Å². The molecule has 0 aromatic rings. The average Bonchev–Trinajstić information content (AvgIpc) is 2.75. The topological polar surface area (TPSA) is 0 Å². The fourth-order valence-corrected chi connectivity index (χ4v) is 2.95. The van der Waals surface area contributed by atoms with Crippen molar-refractivity contribution in [2.75, 3.05) is 0 Å². The Labute approximate surface area is 79.3 Å². The van der Waals surface area contributed by atoms with Crippen LogP contribution in [0.25, 0.3) is 0 Å². The molecule has 2 atom stereocenters. The zero-order valence-electron chi connectivity index (χ0n) is 8.17. The van der Waals surface area contributed by atoms with Gasteiger partial charge in [0.25, 0.3) is 0 Å². The van der Waals surface area contributed by atoms with E-state index in [4.69, 9.17) is 0 Å². The van der Waals surface area contributed by atoms with Crippen LogP contribution in [-0.2, 0) is 0 Å². The molecule has 0 heterocycles. The number of hydrogen-bond acceptors (Lipinski definition) is 0. The van der Waals surface area contributed by atoms with Crippen molar-refractivity contribution >= 4 is 0 Å². The second-order valence-corrected chi connectivity index (χ2v) is 4.35. The zero-order valence-corrected chi connectivity index (χ0v) is 8.17. The fourth-order valence-electron chi connectivity index (χ4n) is 2.95. The molecule has 1 saturated carbocycles. The van der Waals surface area contributed by atoms with E-state index in [1.54, 1.807) is 16.7 Å². The Morgan fingerprint density at radius 1 is 1.08 bits per heavy atom. The van der Waals surface area contributed by atoms with Gasteiger partial charge in [-0.1, -0.05) is 29.9 Å². The van der Waals surface area contributed by atoms with Gasteiger partial charge in [0.1, 0.15) is 0 Å². The molecule has 0 amide bonds. The van der Waals surface area contributed by atoms with Crippen molar-refractivity contribution in [2.45, 2.75) is 20.3 Å². The van der Waals surface area contributed by atoms with E-state index in [-0.39, 0.29) is 0 Å². The first-order valence-electron chi connectivity index (χ1n) is 5.05. The Balaban J connectivity index is 2.22. The summed E-state index contributed by atoms with van der Waals surface area (Å²) in [5, 5.41) is 0. The van der Waals surface area contributed by atoms with Crippen molar-refractivity contribution < 1.29 is 0 Å². The maximum atomic E-state index is 2.40. The lowest BCUT2D eigenvalue weighted by atomic mass is 9.98. The quantitative estimate of drug-likeness (QED) is 0.489. The van der Waals surface area contributed by atoms with E-state index >= 15 is 0 Å². The molecule has 0 radical (unpaired) electrons. The molecule has 3 rings (SSSR count). The molecular weight excluding hydrogens is 156 g/mol. The molecule has 3 aliphatic rings. The van der Waals surface area contributed by atoms with Gasteiger partial charge < -0.3 is 0 Å². The van der Waals surface area contributed by atoms with Crippen LogP contribution in [0.15, 0.2) is 46.6 Å². The summed E-state index contributed by atoms with van der Waals surface area (Å²) < 4.78 is 0. The molecule has 2 bridgehead atoms. The van der Waals surface area contributed by atoms with Gasteiger partial charge in [-0.25, -0.2) is 0 Å². The summed E-state index contributed by atoms with van der Waals surface area (Å²) in [6, 6.07) is 0. The first kappa shape index (κ1) is 7.37. The van der Waals surface area contributed by atoms with Crippen molar-refractivity contribution in [3.05, 3.63) is 46.6 Å². The maximum Gasteiger partial charge on any atom is 0.0240 e. The Morgan fingerprint density at radius 2 is 1.62 bits per heavy atom. The number of hydrogen-bond donors (Lipinski definition) is 0. The minimum atomic E-state index is 0.642. The number of allylic oxidation sites excluding steroid dienone is 8. The van der Waals surface area contributed by atoms with Crippen LogP contribution in [-0.4, -0.2) is 0 Å². The molecule has 0 aromatic heterocycles. The fraction of sp³-hybridized carbons (Fsp3) is 0.385. The number of rotatable bonds is 0. The van der Waals surface area contributed by atoms with E-state index in [2.05, 4.69) is 38.2 Å². The summed E-state index contributed by atoms with van der Waals surface area (Å²) in [4.78, 5) is 0. The largest absolute Gasteiger partial charge is 0.0763 e. The van der Waals surface area contributed by atoms with E-state index in [9.17, 15) is 0 Å². The zero-order chi connectivity index (χ0) is 9.00. The second kappa shape index (κ2) is 2.25. The molecular formula is C13H14. The SMILES string of the molecule is CC(C)=C1[C@@H]2C=C[C@H]1C1=CCC=C12. The third-order valence-corrected chi connectivity index (χ3v) is 3.42. The molecule has 13 heavy (non-hydrogen) atoms. The lowest BCUT2D eigenvalue weighted by molar-refractivity contribution is 0.919. The Kier molecular flexibility index (Phi) is 1.28. The maximum absolute atomic E-state index is 2.40.